The summed E-state index contributed by atoms with van der Waals surface area (Å²) in [5.74, 6) is -0.852. The number of amides is 2. The minimum atomic E-state index is -4.47. The van der Waals surface area contributed by atoms with Crippen LogP contribution in [0, 0.1) is 0 Å². The van der Waals surface area contributed by atoms with Crippen molar-refractivity contribution in [3.05, 3.63) is 84.2 Å². The molecule has 0 unspecified atom stereocenters. The Balaban J connectivity index is 1.58. The minimum absolute atomic E-state index is 0.0495. The fraction of sp³-hybridized carbons (Fsp3) is 0.208. The SMILES string of the molecule is C=C/N=C\C(=C/N)C(=O)NC1(C(=O)NCc2ccc(Nc3ccccc3C(F)(F)F)cc2)CC1. The summed E-state index contributed by atoms with van der Waals surface area (Å²) >= 11 is 0. The van der Waals surface area contributed by atoms with Crippen molar-refractivity contribution in [3.63, 3.8) is 0 Å². The molecule has 5 N–H and O–H groups in total. The van der Waals surface area contributed by atoms with E-state index in [1.807, 2.05) is 0 Å². The molecule has 34 heavy (non-hydrogen) atoms. The molecular formula is C24H24F3N5O2. The van der Waals surface area contributed by atoms with Crippen LogP contribution < -0.4 is 21.7 Å². The number of alkyl halides is 3. The van der Waals surface area contributed by atoms with Crippen molar-refractivity contribution < 1.29 is 22.8 Å². The van der Waals surface area contributed by atoms with Crippen LogP contribution in [0.1, 0.15) is 24.0 Å². The summed E-state index contributed by atoms with van der Waals surface area (Å²) in [5.41, 5.74) is 4.95. The molecule has 1 aliphatic carbocycles. The Kier molecular flexibility index (Phi) is 7.40. The third kappa shape index (κ3) is 6.03. The average Bonchev–Trinajstić information content (AvgIpc) is 3.59. The standard InChI is InChI=1S/C24H24F3N5O2/c1-2-29-15-17(13-28)21(33)32-23(11-12-23)22(34)30-14-16-7-9-18(10-8-16)31-20-6-4-3-5-19(20)24(25,26)27/h2-10,13,15,31H,1,11-12,14,28H2,(H,30,34)(H,32,33)/b17-13+,29-15-. The molecule has 0 bridgehead atoms. The fourth-order valence-electron chi connectivity index (χ4n) is 3.19. The Labute approximate surface area is 194 Å². The van der Waals surface area contributed by atoms with Crippen molar-refractivity contribution in [3.8, 4) is 0 Å². The number of nitrogens with one attached hydrogen (secondary N) is 3. The van der Waals surface area contributed by atoms with Gasteiger partial charge in [-0.1, -0.05) is 30.8 Å². The van der Waals surface area contributed by atoms with E-state index in [4.69, 9.17) is 5.73 Å². The van der Waals surface area contributed by atoms with Crippen molar-refractivity contribution in [2.24, 2.45) is 10.7 Å². The van der Waals surface area contributed by atoms with Crippen molar-refractivity contribution in [1.82, 2.24) is 10.6 Å². The summed E-state index contributed by atoms with van der Waals surface area (Å²) in [4.78, 5) is 28.8. The largest absolute Gasteiger partial charge is 0.418 e. The summed E-state index contributed by atoms with van der Waals surface area (Å²) in [6.07, 6.45) is 0.108. The maximum atomic E-state index is 13.2. The van der Waals surface area contributed by atoms with Crippen LogP contribution in [0.25, 0.3) is 0 Å². The molecule has 1 fully saturated rings. The second kappa shape index (κ2) is 10.2. The molecule has 1 saturated carbocycles. The van der Waals surface area contributed by atoms with Crippen LogP contribution in [0.3, 0.4) is 0 Å². The maximum absolute atomic E-state index is 13.2. The van der Waals surface area contributed by atoms with Gasteiger partial charge in [0.15, 0.2) is 0 Å². The fourth-order valence-corrected chi connectivity index (χ4v) is 3.19. The number of anilines is 2. The summed E-state index contributed by atoms with van der Waals surface area (Å²) in [6.45, 7) is 3.61. The summed E-state index contributed by atoms with van der Waals surface area (Å²) < 4.78 is 39.5. The molecule has 0 aliphatic heterocycles. The normalized spacial score (nSPS) is 15.0. The second-order valence-corrected chi connectivity index (χ2v) is 7.67. The van der Waals surface area contributed by atoms with E-state index in [0.717, 1.165) is 17.8 Å². The lowest BCUT2D eigenvalue weighted by molar-refractivity contribution is -0.137. The number of hydrogen-bond donors (Lipinski definition) is 4. The molecule has 7 nitrogen and oxygen atoms in total. The highest BCUT2D eigenvalue weighted by atomic mass is 19.4. The van der Waals surface area contributed by atoms with Crippen LogP contribution in [-0.4, -0.2) is 23.6 Å². The zero-order valence-corrected chi connectivity index (χ0v) is 18.2. The highest BCUT2D eigenvalue weighted by Gasteiger charge is 2.51. The average molecular weight is 471 g/mol. The van der Waals surface area contributed by atoms with Crippen molar-refractivity contribution in [2.75, 3.05) is 5.32 Å². The number of nitrogens with zero attached hydrogens (tertiary/aromatic N) is 1. The van der Waals surface area contributed by atoms with Crippen LogP contribution in [0.2, 0.25) is 0 Å². The van der Waals surface area contributed by atoms with Gasteiger partial charge in [-0.2, -0.15) is 13.2 Å². The molecule has 2 amide bonds. The molecule has 0 saturated heterocycles. The number of carbonyl (C=O) groups excluding carboxylic acids is 2. The maximum Gasteiger partial charge on any atom is 0.418 e. The lowest BCUT2D eigenvalue weighted by atomic mass is 10.1. The van der Waals surface area contributed by atoms with Crippen molar-refractivity contribution in [1.29, 1.82) is 0 Å². The van der Waals surface area contributed by atoms with E-state index >= 15 is 0 Å². The van der Waals surface area contributed by atoms with Crippen molar-refractivity contribution >= 4 is 29.4 Å². The smallest absolute Gasteiger partial charge is 0.404 e. The Bertz CT molecular complexity index is 1120. The van der Waals surface area contributed by atoms with E-state index in [9.17, 15) is 22.8 Å². The summed E-state index contributed by atoms with van der Waals surface area (Å²) in [7, 11) is 0. The first-order valence-electron chi connectivity index (χ1n) is 10.4. The van der Waals surface area contributed by atoms with Gasteiger partial charge in [0.2, 0.25) is 5.91 Å². The Hall–Kier alpha value is -4.08. The minimum Gasteiger partial charge on any atom is -0.404 e. The zero-order valence-electron chi connectivity index (χ0n) is 18.2. The number of hydrogen-bond acceptors (Lipinski definition) is 5. The number of nitrogens with two attached hydrogens (primary N) is 1. The van der Waals surface area contributed by atoms with Crippen LogP contribution in [0.5, 0.6) is 0 Å². The number of benzene rings is 2. The molecule has 0 spiro atoms. The number of aliphatic imine (C=N–C) groups is 1. The molecule has 10 heteroatoms. The van der Waals surface area contributed by atoms with E-state index in [1.165, 1.54) is 30.6 Å². The first-order chi connectivity index (χ1) is 16.2. The quantitative estimate of drug-likeness (QED) is 0.330. The van der Waals surface area contributed by atoms with Gasteiger partial charge in [0, 0.05) is 30.8 Å². The van der Waals surface area contributed by atoms with Gasteiger partial charge >= 0.3 is 6.18 Å². The van der Waals surface area contributed by atoms with Gasteiger partial charge < -0.3 is 21.7 Å². The van der Waals surface area contributed by atoms with Crippen LogP contribution >= 0.6 is 0 Å². The Morgan fingerprint density at radius 3 is 2.38 bits per heavy atom. The number of halogens is 3. The first kappa shape index (κ1) is 24.6. The zero-order chi connectivity index (χ0) is 24.8. The molecule has 178 valence electrons. The molecular weight excluding hydrogens is 447 g/mol. The van der Waals surface area contributed by atoms with Gasteiger partial charge in [-0.3, -0.25) is 14.6 Å². The van der Waals surface area contributed by atoms with Crippen LogP contribution in [0.15, 0.2) is 78.1 Å². The molecule has 0 aromatic heterocycles. The first-order valence-corrected chi connectivity index (χ1v) is 10.4. The monoisotopic (exact) mass is 471 g/mol. The molecule has 1 aliphatic rings. The topological polar surface area (TPSA) is 109 Å². The number of para-hydroxylation sites is 1. The molecule has 0 atom stereocenters. The summed E-state index contributed by atoms with van der Waals surface area (Å²) in [5, 5.41) is 8.24. The highest BCUT2D eigenvalue weighted by molar-refractivity contribution is 6.13. The van der Waals surface area contributed by atoms with Gasteiger partial charge in [-0.15, -0.1) is 0 Å². The predicted molar refractivity (Wildman–Crippen MR) is 124 cm³/mol. The van der Waals surface area contributed by atoms with Gasteiger partial charge in [0.25, 0.3) is 5.91 Å². The molecule has 2 aromatic carbocycles. The third-order valence-electron chi connectivity index (χ3n) is 5.22. The van der Waals surface area contributed by atoms with Gasteiger partial charge in [0.1, 0.15) is 5.54 Å². The van der Waals surface area contributed by atoms with Crippen molar-refractivity contribution in [2.45, 2.75) is 31.1 Å². The number of carbonyl (C=O) groups is 2. The molecule has 0 heterocycles. The Morgan fingerprint density at radius 1 is 1.12 bits per heavy atom. The lowest BCUT2D eigenvalue weighted by Gasteiger charge is -2.18. The van der Waals surface area contributed by atoms with E-state index in [2.05, 4.69) is 27.5 Å². The second-order valence-electron chi connectivity index (χ2n) is 7.67. The van der Waals surface area contributed by atoms with E-state index in [0.29, 0.717) is 18.5 Å². The van der Waals surface area contributed by atoms with Gasteiger partial charge in [-0.25, -0.2) is 0 Å². The number of rotatable bonds is 9. The van der Waals surface area contributed by atoms with Crippen LogP contribution in [0.4, 0.5) is 24.5 Å². The van der Waals surface area contributed by atoms with E-state index in [-0.39, 0.29) is 23.7 Å². The lowest BCUT2D eigenvalue weighted by Crippen LogP contribution is -2.49. The Morgan fingerprint density at radius 2 is 1.79 bits per heavy atom. The molecule has 2 aromatic rings. The van der Waals surface area contributed by atoms with E-state index < -0.39 is 23.2 Å². The van der Waals surface area contributed by atoms with Crippen LogP contribution in [-0.2, 0) is 22.3 Å². The van der Waals surface area contributed by atoms with Gasteiger partial charge in [-0.05, 0) is 42.7 Å². The van der Waals surface area contributed by atoms with Gasteiger partial charge in [0.05, 0.1) is 16.8 Å². The molecule has 3 rings (SSSR count). The third-order valence-corrected chi connectivity index (χ3v) is 5.22. The highest BCUT2D eigenvalue weighted by Crippen LogP contribution is 2.37. The summed E-state index contributed by atoms with van der Waals surface area (Å²) in [6, 6.07) is 11.9. The van der Waals surface area contributed by atoms with E-state index in [1.54, 1.807) is 24.3 Å². The predicted octanol–water partition coefficient (Wildman–Crippen LogP) is 3.77. The molecule has 0 radical (unpaired) electrons.